The molecule has 1 aliphatic heterocycles. The van der Waals surface area contributed by atoms with Crippen LogP contribution in [0.5, 0.6) is 0 Å². The number of aliphatic hydroxyl groups excluding tert-OH is 1. The summed E-state index contributed by atoms with van der Waals surface area (Å²) in [5.41, 5.74) is 4.15. The van der Waals surface area contributed by atoms with Crippen LogP contribution in [0, 0.1) is 5.92 Å². The van der Waals surface area contributed by atoms with Crippen LogP contribution in [0.25, 0.3) is 10.9 Å². The van der Waals surface area contributed by atoms with Gasteiger partial charge in [-0.2, -0.15) is 0 Å². The molecule has 2 heterocycles. The Hall–Kier alpha value is -4.17. The molecule has 2 amide bonds. The Balaban J connectivity index is 1.46. The Morgan fingerprint density at radius 1 is 1.10 bits per heavy atom. The minimum atomic E-state index is -0.653. The number of para-hydroxylation sites is 1. The summed E-state index contributed by atoms with van der Waals surface area (Å²) in [6.07, 6.45) is 8.28. The van der Waals surface area contributed by atoms with E-state index in [2.05, 4.69) is 23.5 Å². The molecular weight excluding hydrogens is 530 g/mol. The van der Waals surface area contributed by atoms with E-state index in [1.54, 1.807) is 17.1 Å². The maximum atomic E-state index is 13.6. The summed E-state index contributed by atoms with van der Waals surface area (Å²) in [6.45, 7) is 7.75. The molecule has 0 aliphatic carbocycles. The standard InChI is InChI=1S/C34H41N3O5/c1-3-5-6-16-33(40)42-23-28(17-27-20-35-31-15-10-9-14-30(27)31)36-34(41)25(11-4-2)19-32(39)37-21-26-13-8-7-12-24(26)18-29(37)22-38/h3-4,7-10,12-15,20,25,28-29,35,38H,1-2,5-6,11,16-19,21-23H2,(H,36,41)/t25-,28+,29+/m1/s1. The van der Waals surface area contributed by atoms with Gasteiger partial charge in [0.2, 0.25) is 11.8 Å². The first-order valence-electron chi connectivity index (χ1n) is 14.6. The molecule has 0 saturated carbocycles. The molecule has 0 radical (unpaired) electrons. The highest BCUT2D eigenvalue weighted by Crippen LogP contribution is 2.26. The molecule has 4 rings (SSSR count). The summed E-state index contributed by atoms with van der Waals surface area (Å²) in [6, 6.07) is 15.0. The minimum absolute atomic E-state index is 0.0162. The number of ether oxygens (including phenoxy) is 1. The van der Waals surface area contributed by atoms with Crippen molar-refractivity contribution in [3.8, 4) is 0 Å². The van der Waals surface area contributed by atoms with Gasteiger partial charge in [0.1, 0.15) is 6.61 Å². The minimum Gasteiger partial charge on any atom is -0.463 e. The van der Waals surface area contributed by atoms with E-state index in [4.69, 9.17) is 4.74 Å². The summed E-state index contributed by atoms with van der Waals surface area (Å²) in [4.78, 5) is 44.4. The number of esters is 1. The second kappa shape index (κ2) is 15.2. The summed E-state index contributed by atoms with van der Waals surface area (Å²) < 4.78 is 5.57. The van der Waals surface area contributed by atoms with Crippen LogP contribution in [0.15, 0.2) is 80.0 Å². The fraction of sp³-hybridized carbons (Fsp3) is 0.382. The van der Waals surface area contributed by atoms with Crippen LogP contribution in [-0.4, -0.2) is 58.1 Å². The Kier molecular flexibility index (Phi) is 11.1. The van der Waals surface area contributed by atoms with Gasteiger partial charge in [-0.25, -0.2) is 0 Å². The van der Waals surface area contributed by atoms with Crippen molar-refractivity contribution in [3.05, 3.63) is 96.7 Å². The second-order valence-corrected chi connectivity index (χ2v) is 10.9. The Labute approximate surface area is 247 Å². The van der Waals surface area contributed by atoms with Crippen LogP contribution in [0.3, 0.4) is 0 Å². The van der Waals surface area contributed by atoms with Gasteiger partial charge < -0.3 is 25.0 Å². The van der Waals surface area contributed by atoms with Gasteiger partial charge in [-0.1, -0.05) is 54.6 Å². The number of aromatic amines is 1. The van der Waals surface area contributed by atoms with E-state index in [0.717, 1.165) is 34.0 Å². The van der Waals surface area contributed by atoms with Crippen LogP contribution >= 0.6 is 0 Å². The maximum Gasteiger partial charge on any atom is 0.305 e. The van der Waals surface area contributed by atoms with Crippen molar-refractivity contribution in [2.75, 3.05) is 13.2 Å². The third kappa shape index (κ3) is 7.97. The number of rotatable bonds is 15. The first-order chi connectivity index (χ1) is 20.4. The summed E-state index contributed by atoms with van der Waals surface area (Å²) in [5.74, 6) is -1.46. The van der Waals surface area contributed by atoms with E-state index in [-0.39, 0.29) is 49.9 Å². The fourth-order valence-corrected chi connectivity index (χ4v) is 5.55. The van der Waals surface area contributed by atoms with Crippen molar-refractivity contribution in [2.24, 2.45) is 5.92 Å². The zero-order valence-corrected chi connectivity index (χ0v) is 24.1. The molecule has 42 heavy (non-hydrogen) atoms. The van der Waals surface area contributed by atoms with E-state index >= 15 is 0 Å². The lowest BCUT2D eigenvalue weighted by Crippen LogP contribution is -2.48. The van der Waals surface area contributed by atoms with Crippen LogP contribution in [0.1, 0.15) is 48.8 Å². The van der Waals surface area contributed by atoms with E-state index in [1.165, 1.54) is 0 Å². The molecule has 1 aromatic heterocycles. The SMILES string of the molecule is C=CCCCC(=O)OC[C@H](Cc1c[nH]c2ccccc12)NC(=O)[C@H](CC=C)CC(=O)N1Cc2ccccc2C[C@H]1CO. The average Bonchev–Trinajstić information content (AvgIpc) is 3.41. The number of nitrogens with zero attached hydrogens (tertiary/aromatic N) is 1. The number of benzene rings is 2. The molecule has 0 unspecified atom stereocenters. The highest BCUT2D eigenvalue weighted by Gasteiger charge is 2.32. The smallest absolute Gasteiger partial charge is 0.305 e. The van der Waals surface area contributed by atoms with Gasteiger partial charge in [0.15, 0.2) is 0 Å². The highest BCUT2D eigenvalue weighted by molar-refractivity contribution is 5.87. The predicted octanol–water partition coefficient (Wildman–Crippen LogP) is 4.62. The van der Waals surface area contributed by atoms with Gasteiger partial charge in [-0.3, -0.25) is 14.4 Å². The first kappa shape index (κ1) is 30.8. The molecule has 3 aromatic rings. The van der Waals surface area contributed by atoms with Crippen LogP contribution in [0.2, 0.25) is 0 Å². The zero-order chi connectivity index (χ0) is 29.9. The molecule has 2 aromatic carbocycles. The average molecular weight is 572 g/mol. The van der Waals surface area contributed by atoms with E-state index in [1.807, 2.05) is 54.7 Å². The predicted molar refractivity (Wildman–Crippen MR) is 163 cm³/mol. The molecule has 0 saturated heterocycles. The lowest BCUT2D eigenvalue weighted by molar-refractivity contribution is -0.145. The number of nitrogens with one attached hydrogen (secondary N) is 2. The van der Waals surface area contributed by atoms with Gasteiger partial charge in [0, 0.05) is 36.5 Å². The Morgan fingerprint density at radius 3 is 2.62 bits per heavy atom. The molecule has 3 N–H and O–H groups in total. The number of allylic oxidation sites excluding steroid dienone is 2. The second-order valence-electron chi connectivity index (χ2n) is 10.9. The van der Waals surface area contributed by atoms with Gasteiger partial charge >= 0.3 is 5.97 Å². The number of aromatic nitrogens is 1. The third-order valence-electron chi connectivity index (χ3n) is 7.85. The molecule has 8 nitrogen and oxygen atoms in total. The molecule has 0 spiro atoms. The van der Waals surface area contributed by atoms with Crippen molar-refractivity contribution < 1.29 is 24.2 Å². The number of hydrogen-bond donors (Lipinski definition) is 3. The van der Waals surface area contributed by atoms with Gasteiger partial charge in [-0.15, -0.1) is 13.2 Å². The van der Waals surface area contributed by atoms with Crippen molar-refractivity contribution in [1.82, 2.24) is 15.2 Å². The quantitative estimate of drug-likeness (QED) is 0.140. The molecule has 3 atom stereocenters. The summed E-state index contributed by atoms with van der Waals surface area (Å²) in [7, 11) is 0. The number of carbonyl (C=O) groups excluding carboxylic acids is 3. The number of fused-ring (bicyclic) bond motifs is 2. The van der Waals surface area contributed by atoms with Gasteiger partial charge in [-0.05, 0) is 54.9 Å². The number of aliphatic hydroxyl groups is 1. The van der Waals surface area contributed by atoms with Crippen LogP contribution in [-0.2, 0) is 38.5 Å². The number of hydrogen-bond acceptors (Lipinski definition) is 5. The highest BCUT2D eigenvalue weighted by atomic mass is 16.5. The summed E-state index contributed by atoms with van der Waals surface area (Å²) in [5, 5.41) is 14.1. The van der Waals surface area contributed by atoms with Crippen LogP contribution in [0.4, 0.5) is 0 Å². The van der Waals surface area contributed by atoms with Gasteiger partial charge in [0.05, 0.1) is 24.6 Å². The molecule has 222 valence electrons. The number of unbranched alkanes of at least 4 members (excludes halogenated alkanes) is 1. The van der Waals surface area contributed by atoms with Crippen LogP contribution < -0.4 is 5.32 Å². The Bertz CT molecular complexity index is 1400. The molecule has 0 bridgehead atoms. The molecular formula is C34H41N3O5. The van der Waals surface area contributed by atoms with Crippen molar-refractivity contribution >= 4 is 28.7 Å². The number of H-pyrrole nitrogens is 1. The summed E-state index contributed by atoms with van der Waals surface area (Å²) >= 11 is 0. The fourth-order valence-electron chi connectivity index (χ4n) is 5.55. The lowest BCUT2D eigenvalue weighted by Gasteiger charge is -2.36. The van der Waals surface area contributed by atoms with Crippen molar-refractivity contribution in [2.45, 2.75) is 63.6 Å². The largest absolute Gasteiger partial charge is 0.463 e. The molecule has 0 fully saturated rings. The topological polar surface area (TPSA) is 112 Å². The Morgan fingerprint density at radius 2 is 1.86 bits per heavy atom. The third-order valence-corrected chi connectivity index (χ3v) is 7.85. The van der Waals surface area contributed by atoms with Crippen molar-refractivity contribution in [3.63, 3.8) is 0 Å². The lowest BCUT2D eigenvalue weighted by atomic mass is 9.92. The maximum absolute atomic E-state index is 13.6. The number of amides is 2. The number of carbonyl (C=O) groups is 3. The molecule has 1 aliphatic rings. The normalized spacial score (nSPS) is 15.8. The zero-order valence-electron chi connectivity index (χ0n) is 24.1. The monoisotopic (exact) mass is 571 g/mol. The van der Waals surface area contributed by atoms with E-state index < -0.39 is 12.0 Å². The van der Waals surface area contributed by atoms with Crippen molar-refractivity contribution in [1.29, 1.82) is 0 Å². The van der Waals surface area contributed by atoms with Gasteiger partial charge in [0.25, 0.3) is 0 Å². The molecule has 8 heteroatoms. The van der Waals surface area contributed by atoms with E-state index in [9.17, 15) is 19.5 Å². The first-order valence-corrected chi connectivity index (χ1v) is 14.6. The van der Waals surface area contributed by atoms with E-state index in [0.29, 0.717) is 32.2 Å².